The van der Waals surface area contributed by atoms with Gasteiger partial charge >= 0.3 is 0 Å². The summed E-state index contributed by atoms with van der Waals surface area (Å²) < 4.78 is 26.8. The number of thiocarbonyl (C=S) groups is 1. The average molecular weight is 461 g/mol. The van der Waals surface area contributed by atoms with Crippen LogP contribution >= 0.6 is 24.4 Å². The molecular formula is C20H20N4O3S3. The molecule has 3 rings (SSSR count). The van der Waals surface area contributed by atoms with Gasteiger partial charge in [0.2, 0.25) is 0 Å². The highest BCUT2D eigenvalue weighted by Crippen LogP contribution is 2.17. The molecule has 0 saturated carbocycles. The van der Waals surface area contributed by atoms with Crippen LogP contribution in [0.3, 0.4) is 0 Å². The first-order chi connectivity index (χ1) is 14.2. The Morgan fingerprint density at radius 1 is 1.10 bits per heavy atom. The van der Waals surface area contributed by atoms with Gasteiger partial charge in [-0.05, 0) is 18.4 Å². The Hall–Kier alpha value is -2.82. The van der Waals surface area contributed by atoms with Crippen molar-refractivity contribution in [3.8, 4) is 0 Å². The number of rotatable bonds is 5. The number of pyridine rings is 1. The summed E-state index contributed by atoms with van der Waals surface area (Å²) in [5.74, 6) is -1.52. The number of fused-ring (bicyclic) bond motifs is 1. The predicted molar refractivity (Wildman–Crippen MR) is 125 cm³/mol. The normalized spacial score (nSPS) is 11.1. The second-order valence-electron chi connectivity index (χ2n) is 6.63. The van der Waals surface area contributed by atoms with E-state index in [-0.39, 0.29) is 0 Å². The molecule has 0 spiro atoms. The van der Waals surface area contributed by atoms with Crippen LogP contribution in [0.15, 0.2) is 60.7 Å². The van der Waals surface area contributed by atoms with Gasteiger partial charge in [0.25, 0.3) is 15.9 Å². The molecule has 0 bridgehead atoms. The van der Waals surface area contributed by atoms with E-state index in [1.807, 2.05) is 48.5 Å². The van der Waals surface area contributed by atoms with Crippen molar-refractivity contribution in [1.29, 1.82) is 0 Å². The molecule has 0 atom stereocenters. The lowest BCUT2D eigenvalue weighted by Crippen LogP contribution is -2.46. The summed E-state index contributed by atoms with van der Waals surface area (Å²) in [6, 6.07) is 18.3. The van der Waals surface area contributed by atoms with Crippen LogP contribution in [0.25, 0.3) is 10.8 Å². The van der Waals surface area contributed by atoms with Gasteiger partial charge in [-0.2, -0.15) is 0 Å². The number of nitrogens with one attached hydrogen (secondary N) is 2. The van der Waals surface area contributed by atoms with Gasteiger partial charge in [-0.3, -0.25) is 15.2 Å². The van der Waals surface area contributed by atoms with E-state index in [2.05, 4.69) is 10.3 Å². The third-order valence-corrected chi connectivity index (χ3v) is 6.30. The summed E-state index contributed by atoms with van der Waals surface area (Å²) in [4.78, 5) is 15.1. The van der Waals surface area contributed by atoms with Crippen LogP contribution in [0.5, 0.6) is 0 Å². The predicted octanol–water partition coefficient (Wildman–Crippen LogP) is 2.89. The van der Waals surface area contributed by atoms with Crippen molar-refractivity contribution >= 4 is 56.1 Å². The smallest absolute Gasteiger partial charge is 0.255 e. The molecule has 1 amide bonds. The Balaban J connectivity index is 1.72. The zero-order chi connectivity index (χ0) is 21.9. The lowest BCUT2D eigenvalue weighted by Gasteiger charge is -2.21. The summed E-state index contributed by atoms with van der Waals surface area (Å²) in [5, 5.41) is 2.96. The molecule has 0 fully saturated rings. The number of sulfonamides is 1. The number of hydrogen-bond acceptors (Lipinski definition) is 5. The number of amides is 1. The van der Waals surface area contributed by atoms with Gasteiger partial charge in [-0.15, -0.1) is 0 Å². The zero-order valence-electron chi connectivity index (χ0n) is 16.3. The largest absolute Gasteiger partial charge is 0.277 e. The number of nitrogens with zero attached hydrogens (tertiary/aromatic N) is 2. The van der Waals surface area contributed by atoms with E-state index >= 15 is 0 Å². The first kappa shape index (κ1) is 21.9. The van der Waals surface area contributed by atoms with Gasteiger partial charge < -0.3 is 0 Å². The number of aryl methyl sites for hydroxylation is 1. The number of hydrogen-bond donors (Lipinski definition) is 2. The number of carbonyl (C=O) groups excluding carboxylic acids is 1. The summed E-state index contributed by atoms with van der Waals surface area (Å²) >= 11 is 10.7. The van der Waals surface area contributed by atoms with E-state index in [1.54, 1.807) is 26.1 Å². The van der Waals surface area contributed by atoms with Crippen molar-refractivity contribution in [2.45, 2.75) is 6.92 Å². The molecule has 2 aromatic carbocycles. The molecule has 1 heterocycles. The highest BCUT2D eigenvalue weighted by molar-refractivity contribution is 7.93. The summed E-state index contributed by atoms with van der Waals surface area (Å²) in [5.41, 5.74) is 3.81. The van der Waals surface area contributed by atoms with Crippen LogP contribution < -0.4 is 10.3 Å². The molecule has 7 nitrogen and oxygen atoms in total. The highest BCUT2D eigenvalue weighted by atomic mass is 32.2. The lowest BCUT2D eigenvalue weighted by molar-refractivity contribution is -0.121. The molecule has 1 aromatic heterocycles. The van der Waals surface area contributed by atoms with E-state index in [0.717, 1.165) is 16.3 Å². The third-order valence-electron chi connectivity index (χ3n) is 4.28. The summed E-state index contributed by atoms with van der Waals surface area (Å²) in [6.07, 6.45) is 0. The van der Waals surface area contributed by atoms with Crippen molar-refractivity contribution in [2.75, 3.05) is 17.6 Å². The number of aromatic nitrogens is 1. The molecule has 0 unspecified atom stereocenters. The highest BCUT2D eigenvalue weighted by Gasteiger charge is 2.20. The Morgan fingerprint density at radius 2 is 1.73 bits per heavy atom. The molecule has 2 N–H and O–H groups in total. The van der Waals surface area contributed by atoms with Crippen molar-refractivity contribution in [3.05, 3.63) is 76.6 Å². The third kappa shape index (κ3) is 5.02. The Morgan fingerprint density at radius 3 is 2.43 bits per heavy atom. The molecule has 0 aliphatic carbocycles. The fourth-order valence-corrected chi connectivity index (χ4v) is 4.49. The zero-order valence-corrected chi connectivity index (χ0v) is 18.8. The molecule has 0 radical (unpaired) electrons. The van der Waals surface area contributed by atoms with Gasteiger partial charge in [-0.1, -0.05) is 79.0 Å². The topological polar surface area (TPSA) is 83.4 Å². The van der Waals surface area contributed by atoms with Crippen molar-refractivity contribution in [3.63, 3.8) is 0 Å². The van der Waals surface area contributed by atoms with Crippen LogP contribution in [-0.4, -0.2) is 41.8 Å². The minimum Gasteiger partial charge on any atom is -0.277 e. The van der Waals surface area contributed by atoms with Crippen molar-refractivity contribution in [1.82, 2.24) is 15.1 Å². The van der Waals surface area contributed by atoms with Crippen LogP contribution in [-0.2, 0) is 14.8 Å². The van der Waals surface area contributed by atoms with E-state index < -0.39 is 21.7 Å². The Bertz CT molecular complexity index is 1270. The molecule has 0 aliphatic heterocycles. The fourth-order valence-electron chi connectivity index (χ4n) is 2.89. The second-order valence-corrected chi connectivity index (χ2v) is 9.10. The van der Waals surface area contributed by atoms with Gasteiger partial charge in [0.1, 0.15) is 9.63 Å². The molecule has 156 valence electrons. The van der Waals surface area contributed by atoms with Crippen LogP contribution in [0.4, 0.5) is 0 Å². The molecule has 10 heteroatoms. The molecule has 0 aliphatic rings. The standard InChI is InChI=1S/C20H20N4O3S3/c1-14-12-16-10-6-7-11-17(16)20(29)24(14)22-30(26,27)13-18(25)21-23(2)19(28)15-8-4-3-5-9-15/h3-12,22H,13H2,1-2H3,(H,21,25). The number of hydrazine groups is 1. The Labute approximate surface area is 185 Å². The van der Waals surface area contributed by atoms with Crippen LogP contribution in [0.1, 0.15) is 11.3 Å². The monoisotopic (exact) mass is 460 g/mol. The first-order valence-electron chi connectivity index (χ1n) is 8.92. The van der Waals surface area contributed by atoms with E-state index in [0.29, 0.717) is 15.3 Å². The summed E-state index contributed by atoms with van der Waals surface area (Å²) in [6.45, 7) is 1.73. The molecule has 3 aromatic rings. The van der Waals surface area contributed by atoms with Crippen LogP contribution in [0.2, 0.25) is 0 Å². The van der Waals surface area contributed by atoms with E-state index in [9.17, 15) is 13.2 Å². The van der Waals surface area contributed by atoms with E-state index in [4.69, 9.17) is 24.4 Å². The summed E-state index contributed by atoms with van der Waals surface area (Å²) in [7, 11) is -2.47. The second kappa shape index (κ2) is 8.90. The Kier molecular flexibility index (Phi) is 6.49. The number of benzene rings is 2. The quantitative estimate of drug-likeness (QED) is 0.450. The van der Waals surface area contributed by atoms with Gasteiger partial charge in [0.05, 0.1) is 0 Å². The fraction of sp³-hybridized carbons (Fsp3) is 0.150. The SMILES string of the molecule is Cc1cc2ccccc2c(=S)n1NS(=O)(=O)CC(=O)NN(C)C(=S)c1ccccc1. The van der Waals surface area contributed by atoms with Crippen molar-refractivity contribution < 1.29 is 13.2 Å². The maximum atomic E-state index is 12.6. The van der Waals surface area contributed by atoms with Gasteiger partial charge in [-0.25, -0.2) is 17.9 Å². The van der Waals surface area contributed by atoms with Crippen molar-refractivity contribution in [2.24, 2.45) is 0 Å². The minimum absolute atomic E-state index is 0.317. The molecular weight excluding hydrogens is 440 g/mol. The van der Waals surface area contributed by atoms with Gasteiger partial charge in [0.15, 0.2) is 5.75 Å². The van der Waals surface area contributed by atoms with Gasteiger partial charge in [0, 0.05) is 23.7 Å². The average Bonchev–Trinajstić information content (AvgIpc) is 2.70. The molecule has 0 saturated heterocycles. The molecule has 30 heavy (non-hydrogen) atoms. The first-order valence-corrected chi connectivity index (χ1v) is 11.4. The van der Waals surface area contributed by atoms with Crippen LogP contribution in [0, 0.1) is 11.6 Å². The maximum absolute atomic E-state index is 12.6. The number of carbonyl (C=O) groups is 1. The van der Waals surface area contributed by atoms with E-state index in [1.165, 1.54) is 9.69 Å². The lowest BCUT2D eigenvalue weighted by atomic mass is 10.1. The maximum Gasteiger partial charge on any atom is 0.255 e. The minimum atomic E-state index is -4.02.